The van der Waals surface area contributed by atoms with Gasteiger partial charge in [0.15, 0.2) is 0 Å². The van der Waals surface area contributed by atoms with Gasteiger partial charge in [-0.2, -0.15) is 0 Å². The average molecular weight is 283 g/mol. The Bertz CT molecular complexity index is 531. The second-order valence-electron chi connectivity index (χ2n) is 5.40. The smallest absolute Gasteiger partial charge is 0.0367 e. The maximum Gasteiger partial charge on any atom is 0.0367 e. The molecule has 3 nitrogen and oxygen atoms in total. The standard InChI is InChI=1S/C18H25N3/c1-15-3-7-17(8-4-15)20-12-14-21(13-11-19)18-9-5-16(2)6-10-18/h3-10,20H,11-14,19H2,1-2H3. The number of nitrogens with two attached hydrogens (primary N) is 1. The molecule has 0 heterocycles. The molecule has 3 N–H and O–H groups in total. The molecule has 0 aliphatic heterocycles. The Balaban J connectivity index is 1.90. The minimum atomic E-state index is 0.665. The zero-order chi connectivity index (χ0) is 15.1. The first kappa shape index (κ1) is 15.4. The number of benzene rings is 2. The third-order valence-electron chi connectivity index (χ3n) is 3.56. The lowest BCUT2D eigenvalue weighted by atomic mass is 10.2. The molecule has 0 amide bonds. The van der Waals surface area contributed by atoms with Crippen molar-refractivity contribution in [2.45, 2.75) is 13.8 Å². The maximum atomic E-state index is 5.73. The molecule has 21 heavy (non-hydrogen) atoms. The molecule has 0 atom stereocenters. The summed E-state index contributed by atoms with van der Waals surface area (Å²) in [5, 5.41) is 3.46. The molecule has 2 aromatic carbocycles. The Labute approximate surface area is 127 Å². The summed E-state index contributed by atoms with van der Waals surface area (Å²) in [6.07, 6.45) is 0. The molecule has 0 spiro atoms. The summed E-state index contributed by atoms with van der Waals surface area (Å²) >= 11 is 0. The molecule has 0 unspecified atom stereocenters. The summed E-state index contributed by atoms with van der Waals surface area (Å²) in [7, 11) is 0. The van der Waals surface area contributed by atoms with Crippen LogP contribution in [-0.2, 0) is 0 Å². The van der Waals surface area contributed by atoms with E-state index in [1.54, 1.807) is 0 Å². The zero-order valence-corrected chi connectivity index (χ0v) is 13.0. The Morgan fingerprint density at radius 1 is 0.857 bits per heavy atom. The Morgan fingerprint density at radius 2 is 1.43 bits per heavy atom. The van der Waals surface area contributed by atoms with Gasteiger partial charge in [-0.1, -0.05) is 35.4 Å². The van der Waals surface area contributed by atoms with E-state index in [2.05, 4.69) is 72.6 Å². The highest BCUT2D eigenvalue weighted by atomic mass is 15.1. The molecule has 0 aliphatic rings. The number of hydrogen-bond donors (Lipinski definition) is 2. The highest BCUT2D eigenvalue weighted by Gasteiger charge is 2.05. The predicted molar refractivity (Wildman–Crippen MR) is 92.1 cm³/mol. The number of nitrogens with one attached hydrogen (secondary N) is 1. The Hall–Kier alpha value is -2.00. The number of aryl methyl sites for hydroxylation is 2. The Kier molecular flexibility index (Phi) is 5.64. The van der Waals surface area contributed by atoms with E-state index in [0.29, 0.717) is 6.54 Å². The van der Waals surface area contributed by atoms with E-state index < -0.39 is 0 Å². The lowest BCUT2D eigenvalue weighted by molar-refractivity contribution is 0.795. The van der Waals surface area contributed by atoms with E-state index in [9.17, 15) is 0 Å². The molecule has 0 saturated heterocycles. The van der Waals surface area contributed by atoms with Crippen LogP contribution in [-0.4, -0.2) is 26.2 Å². The fraction of sp³-hybridized carbons (Fsp3) is 0.333. The quantitative estimate of drug-likeness (QED) is 0.820. The van der Waals surface area contributed by atoms with Gasteiger partial charge in [0, 0.05) is 37.6 Å². The summed E-state index contributed by atoms with van der Waals surface area (Å²) in [6.45, 7) is 7.59. The van der Waals surface area contributed by atoms with Gasteiger partial charge >= 0.3 is 0 Å². The number of nitrogens with zero attached hydrogens (tertiary/aromatic N) is 1. The van der Waals surface area contributed by atoms with Crippen LogP contribution in [0.2, 0.25) is 0 Å². The second kappa shape index (κ2) is 7.70. The zero-order valence-electron chi connectivity index (χ0n) is 13.0. The van der Waals surface area contributed by atoms with Crippen LogP contribution in [0, 0.1) is 13.8 Å². The van der Waals surface area contributed by atoms with Crippen LogP contribution in [0.1, 0.15) is 11.1 Å². The highest BCUT2D eigenvalue weighted by molar-refractivity contribution is 5.48. The summed E-state index contributed by atoms with van der Waals surface area (Å²) in [5.41, 5.74) is 10.7. The first-order chi connectivity index (χ1) is 10.2. The lowest BCUT2D eigenvalue weighted by Crippen LogP contribution is -2.33. The van der Waals surface area contributed by atoms with Crippen molar-refractivity contribution in [3.8, 4) is 0 Å². The molecule has 3 heteroatoms. The topological polar surface area (TPSA) is 41.3 Å². The van der Waals surface area contributed by atoms with E-state index in [-0.39, 0.29) is 0 Å². The first-order valence-electron chi connectivity index (χ1n) is 7.51. The average Bonchev–Trinajstić information content (AvgIpc) is 2.49. The van der Waals surface area contributed by atoms with Gasteiger partial charge in [0.2, 0.25) is 0 Å². The number of rotatable bonds is 7. The van der Waals surface area contributed by atoms with Crippen LogP contribution >= 0.6 is 0 Å². The van der Waals surface area contributed by atoms with Crippen LogP contribution in [0.5, 0.6) is 0 Å². The molecule has 0 aromatic heterocycles. The fourth-order valence-corrected chi connectivity index (χ4v) is 2.29. The van der Waals surface area contributed by atoms with Crippen molar-refractivity contribution >= 4 is 11.4 Å². The molecule has 0 bridgehead atoms. The molecule has 2 rings (SSSR count). The second-order valence-corrected chi connectivity index (χ2v) is 5.40. The number of hydrogen-bond acceptors (Lipinski definition) is 3. The maximum absolute atomic E-state index is 5.73. The van der Waals surface area contributed by atoms with E-state index in [4.69, 9.17) is 5.73 Å². The fourth-order valence-electron chi connectivity index (χ4n) is 2.29. The molecule has 2 aromatic rings. The van der Waals surface area contributed by atoms with E-state index in [0.717, 1.165) is 25.3 Å². The van der Waals surface area contributed by atoms with Gasteiger partial charge < -0.3 is 16.0 Å². The molecule has 0 saturated carbocycles. The van der Waals surface area contributed by atoms with Gasteiger partial charge in [-0.3, -0.25) is 0 Å². The van der Waals surface area contributed by atoms with E-state index in [1.165, 1.54) is 16.8 Å². The molecule has 112 valence electrons. The van der Waals surface area contributed by atoms with Crippen molar-refractivity contribution in [2.24, 2.45) is 5.73 Å². The minimum absolute atomic E-state index is 0.665. The largest absolute Gasteiger partial charge is 0.383 e. The van der Waals surface area contributed by atoms with Crippen molar-refractivity contribution < 1.29 is 0 Å². The summed E-state index contributed by atoms with van der Waals surface area (Å²) in [6, 6.07) is 17.1. The highest BCUT2D eigenvalue weighted by Crippen LogP contribution is 2.15. The third kappa shape index (κ3) is 4.80. The predicted octanol–water partition coefficient (Wildman–Crippen LogP) is 3.18. The van der Waals surface area contributed by atoms with Crippen molar-refractivity contribution in [3.05, 3.63) is 59.7 Å². The van der Waals surface area contributed by atoms with E-state index in [1.807, 2.05) is 0 Å². The van der Waals surface area contributed by atoms with Crippen LogP contribution in [0.25, 0.3) is 0 Å². The van der Waals surface area contributed by atoms with Crippen LogP contribution < -0.4 is 16.0 Å². The van der Waals surface area contributed by atoms with Gasteiger partial charge in [-0.05, 0) is 38.1 Å². The van der Waals surface area contributed by atoms with Crippen LogP contribution in [0.4, 0.5) is 11.4 Å². The molecule has 0 radical (unpaired) electrons. The third-order valence-corrected chi connectivity index (χ3v) is 3.56. The van der Waals surface area contributed by atoms with Crippen LogP contribution in [0.15, 0.2) is 48.5 Å². The molecular weight excluding hydrogens is 258 g/mol. The van der Waals surface area contributed by atoms with Crippen molar-refractivity contribution in [1.29, 1.82) is 0 Å². The first-order valence-corrected chi connectivity index (χ1v) is 7.51. The van der Waals surface area contributed by atoms with Gasteiger partial charge in [0.25, 0.3) is 0 Å². The normalized spacial score (nSPS) is 10.4. The minimum Gasteiger partial charge on any atom is -0.383 e. The Morgan fingerprint density at radius 3 is 2.00 bits per heavy atom. The molecule has 0 aliphatic carbocycles. The van der Waals surface area contributed by atoms with Gasteiger partial charge in [-0.25, -0.2) is 0 Å². The SMILES string of the molecule is Cc1ccc(NCCN(CCN)c2ccc(C)cc2)cc1. The van der Waals surface area contributed by atoms with Crippen LogP contribution in [0.3, 0.4) is 0 Å². The monoisotopic (exact) mass is 283 g/mol. The summed E-state index contributed by atoms with van der Waals surface area (Å²) in [5.74, 6) is 0. The van der Waals surface area contributed by atoms with E-state index >= 15 is 0 Å². The molecular formula is C18H25N3. The number of anilines is 2. The van der Waals surface area contributed by atoms with Gasteiger partial charge in [0.1, 0.15) is 0 Å². The van der Waals surface area contributed by atoms with Crippen molar-refractivity contribution in [2.75, 3.05) is 36.4 Å². The van der Waals surface area contributed by atoms with Gasteiger partial charge in [-0.15, -0.1) is 0 Å². The summed E-state index contributed by atoms with van der Waals surface area (Å²) < 4.78 is 0. The van der Waals surface area contributed by atoms with Crippen molar-refractivity contribution in [1.82, 2.24) is 0 Å². The van der Waals surface area contributed by atoms with Gasteiger partial charge in [0.05, 0.1) is 0 Å². The van der Waals surface area contributed by atoms with Crippen molar-refractivity contribution in [3.63, 3.8) is 0 Å². The lowest BCUT2D eigenvalue weighted by Gasteiger charge is -2.24. The molecule has 0 fully saturated rings. The summed E-state index contributed by atoms with van der Waals surface area (Å²) in [4.78, 5) is 2.32.